The van der Waals surface area contributed by atoms with Crippen molar-refractivity contribution in [3.63, 3.8) is 0 Å². The number of pyridine rings is 2. The summed E-state index contributed by atoms with van der Waals surface area (Å²) in [5, 5.41) is 8.35. The second-order valence-corrected chi connectivity index (χ2v) is 7.08. The fourth-order valence-electron chi connectivity index (χ4n) is 3.68. The first-order valence-corrected chi connectivity index (χ1v) is 9.77. The molecule has 4 heterocycles. The normalized spacial score (nSPS) is 13.8. The van der Waals surface area contributed by atoms with Crippen molar-refractivity contribution in [1.82, 2.24) is 30.1 Å². The van der Waals surface area contributed by atoms with Crippen molar-refractivity contribution in [1.29, 1.82) is 0 Å². The van der Waals surface area contributed by atoms with Gasteiger partial charge in [-0.05, 0) is 37.1 Å². The Morgan fingerprint density at radius 2 is 2.17 bits per heavy atom. The first-order valence-electron chi connectivity index (χ1n) is 9.77. The smallest absolute Gasteiger partial charge is 0.181 e. The van der Waals surface area contributed by atoms with E-state index in [1.54, 1.807) is 18.5 Å². The topological polar surface area (TPSA) is 83.1 Å². The van der Waals surface area contributed by atoms with Crippen molar-refractivity contribution in [2.75, 3.05) is 0 Å². The van der Waals surface area contributed by atoms with Gasteiger partial charge in [-0.15, -0.1) is 0 Å². The van der Waals surface area contributed by atoms with Crippen LogP contribution in [0.15, 0.2) is 79.2 Å². The molecule has 5 rings (SSSR count). The summed E-state index contributed by atoms with van der Waals surface area (Å²) in [5.74, 6) is 0.725. The van der Waals surface area contributed by atoms with Gasteiger partial charge in [0.2, 0.25) is 0 Å². The predicted octanol–water partition coefficient (Wildman–Crippen LogP) is 5.17. The minimum absolute atomic E-state index is 0.642. The van der Waals surface area contributed by atoms with E-state index < -0.39 is 0 Å². The lowest BCUT2D eigenvalue weighted by Crippen LogP contribution is -1.90. The molecule has 4 aromatic rings. The molecule has 0 amide bonds. The molecule has 2 N–H and O–H groups in total. The fourth-order valence-corrected chi connectivity index (χ4v) is 3.68. The number of H-pyrrole nitrogens is 2. The largest absolute Gasteiger partial charge is 0.340 e. The van der Waals surface area contributed by atoms with Gasteiger partial charge in [-0.25, -0.2) is 9.97 Å². The second kappa shape index (κ2) is 7.40. The molecule has 0 unspecified atom stereocenters. The molecule has 30 heavy (non-hydrogen) atoms. The van der Waals surface area contributed by atoms with Gasteiger partial charge in [-0.3, -0.25) is 10.1 Å². The van der Waals surface area contributed by atoms with Crippen LogP contribution in [0, 0.1) is 6.92 Å². The maximum absolute atomic E-state index is 4.91. The highest BCUT2D eigenvalue weighted by atomic mass is 15.2. The Morgan fingerprint density at radius 1 is 1.23 bits per heavy atom. The molecule has 6 heteroatoms. The summed E-state index contributed by atoms with van der Waals surface area (Å²) < 4.78 is 0. The molecule has 6 nitrogen and oxygen atoms in total. The number of imidazole rings is 1. The number of allylic oxidation sites excluding steroid dienone is 7. The number of hydrogen-bond donors (Lipinski definition) is 2. The van der Waals surface area contributed by atoms with Crippen molar-refractivity contribution in [2.24, 2.45) is 0 Å². The average molecular weight is 392 g/mol. The van der Waals surface area contributed by atoms with Crippen LogP contribution in [0.25, 0.3) is 39.4 Å². The van der Waals surface area contributed by atoms with Gasteiger partial charge in [0.15, 0.2) is 11.5 Å². The molecule has 4 aromatic heterocycles. The van der Waals surface area contributed by atoms with Crippen LogP contribution in [-0.2, 0) is 0 Å². The number of aromatic nitrogens is 6. The Labute approximate surface area is 173 Å². The maximum Gasteiger partial charge on any atom is 0.181 e. The summed E-state index contributed by atoms with van der Waals surface area (Å²) in [4.78, 5) is 17.2. The van der Waals surface area contributed by atoms with Gasteiger partial charge in [-0.1, -0.05) is 43.0 Å². The number of rotatable bonds is 5. The summed E-state index contributed by atoms with van der Waals surface area (Å²) in [6.07, 6.45) is 14.8. The Bertz CT molecular complexity index is 1330. The molecule has 0 spiro atoms. The van der Waals surface area contributed by atoms with Crippen LogP contribution >= 0.6 is 0 Å². The van der Waals surface area contributed by atoms with E-state index in [1.165, 1.54) is 0 Å². The van der Waals surface area contributed by atoms with Crippen LogP contribution in [-0.4, -0.2) is 30.1 Å². The van der Waals surface area contributed by atoms with Gasteiger partial charge in [0.1, 0.15) is 5.69 Å². The molecule has 0 radical (unpaired) electrons. The van der Waals surface area contributed by atoms with Crippen molar-refractivity contribution in [3.8, 4) is 22.8 Å². The molecule has 0 aromatic carbocycles. The predicted molar refractivity (Wildman–Crippen MR) is 119 cm³/mol. The summed E-state index contributed by atoms with van der Waals surface area (Å²) >= 11 is 0. The number of nitrogens with one attached hydrogen (secondary N) is 2. The number of hydrogen-bond acceptors (Lipinski definition) is 4. The van der Waals surface area contributed by atoms with Gasteiger partial charge in [0.25, 0.3) is 0 Å². The Hall–Kier alpha value is -4.06. The highest BCUT2D eigenvalue weighted by Crippen LogP contribution is 2.32. The van der Waals surface area contributed by atoms with Crippen LogP contribution in [0.1, 0.15) is 17.8 Å². The molecule has 0 fully saturated rings. The van der Waals surface area contributed by atoms with Crippen molar-refractivity contribution >= 4 is 16.6 Å². The zero-order chi connectivity index (χ0) is 20.5. The lowest BCUT2D eigenvalue weighted by Gasteiger charge is -2.04. The van der Waals surface area contributed by atoms with Crippen LogP contribution < -0.4 is 0 Å². The first kappa shape index (κ1) is 18.0. The third kappa shape index (κ3) is 3.08. The second-order valence-electron chi connectivity index (χ2n) is 7.08. The zero-order valence-electron chi connectivity index (χ0n) is 16.6. The van der Waals surface area contributed by atoms with Gasteiger partial charge < -0.3 is 4.98 Å². The molecular formula is C24H20N6. The summed E-state index contributed by atoms with van der Waals surface area (Å²) in [5.41, 5.74) is 7.34. The summed E-state index contributed by atoms with van der Waals surface area (Å²) in [7, 11) is 0. The highest BCUT2D eigenvalue weighted by Gasteiger charge is 2.19. The minimum Gasteiger partial charge on any atom is -0.340 e. The standard InChI is InChI=1S/C24H20N6/c1-3-8-18(16-9-4-5-10-16)21-15(2)27-24(28-21)22-19-13-17(14-26-23(19)30-29-22)20-11-6-7-12-25-20/h3-4,6-14H,1,5H2,2H3,(H,27,28)(H,26,29,30)/b18-8-. The molecule has 1 aliphatic rings. The van der Waals surface area contributed by atoms with Gasteiger partial charge in [-0.2, -0.15) is 5.10 Å². The fraction of sp³-hybridized carbons (Fsp3) is 0.0833. The first-order chi connectivity index (χ1) is 14.7. The van der Waals surface area contributed by atoms with Gasteiger partial charge in [0.05, 0.1) is 16.8 Å². The third-order valence-electron chi connectivity index (χ3n) is 5.11. The summed E-state index contributed by atoms with van der Waals surface area (Å²) in [6, 6.07) is 7.87. The molecule has 0 atom stereocenters. The molecule has 0 aliphatic heterocycles. The van der Waals surface area contributed by atoms with Crippen molar-refractivity contribution in [2.45, 2.75) is 13.3 Å². The van der Waals surface area contributed by atoms with Crippen LogP contribution in [0.5, 0.6) is 0 Å². The van der Waals surface area contributed by atoms with Gasteiger partial charge in [0, 0.05) is 29.2 Å². The van der Waals surface area contributed by atoms with Gasteiger partial charge >= 0.3 is 0 Å². The van der Waals surface area contributed by atoms with E-state index in [4.69, 9.17) is 4.98 Å². The molecule has 146 valence electrons. The zero-order valence-corrected chi connectivity index (χ0v) is 16.6. The molecule has 0 saturated carbocycles. The molecular weight excluding hydrogens is 372 g/mol. The van der Waals surface area contributed by atoms with Crippen LogP contribution in [0.4, 0.5) is 0 Å². The quantitative estimate of drug-likeness (QED) is 0.459. The Balaban J connectivity index is 1.61. The SMILES string of the molecule is C=C/C=C(/C1=CCC=C1)c1nc(-c2[nH]nc3ncc(-c4ccccn4)cc23)[nH]c1C. The van der Waals surface area contributed by atoms with Crippen molar-refractivity contribution in [3.05, 3.63) is 90.6 Å². The minimum atomic E-state index is 0.642. The van der Waals surface area contributed by atoms with E-state index in [9.17, 15) is 0 Å². The number of aryl methyl sites for hydroxylation is 1. The van der Waals surface area contributed by atoms with E-state index in [0.29, 0.717) is 5.65 Å². The molecule has 0 saturated heterocycles. The monoisotopic (exact) mass is 392 g/mol. The lowest BCUT2D eigenvalue weighted by molar-refractivity contribution is 1.08. The highest BCUT2D eigenvalue weighted by molar-refractivity contribution is 5.92. The Kier molecular flexibility index (Phi) is 4.44. The average Bonchev–Trinajstić information content (AvgIpc) is 3.52. The number of nitrogens with zero attached hydrogens (tertiary/aromatic N) is 4. The third-order valence-corrected chi connectivity index (χ3v) is 5.11. The van der Waals surface area contributed by atoms with Crippen molar-refractivity contribution < 1.29 is 0 Å². The summed E-state index contributed by atoms with van der Waals surface area (Å²) in [6.45, 7) is 5.89. The molecule has 1 aliphatic carbocycles. The van der Waals surface area contributed by atoms with Crippen LogP contribution in [0.3, 0.4) is 0 Å². The van der Waals surface area contributed by atoms with E-state index in [2.05, 4.69) is 50.0 Å². The lowest BCUT2D eigenvalue weighted by atomic mass is 10.0. The number of aromatic amines is 2. The molecule has 0 bridgehead atoms. The number of fused-ring (bicyclic) bond motifs is 1. The van der Waals surface area contributed by atoms with E-state index in [-0.39, 0.29) is 0 Å². The van der Waals surface area contributed by atoms with Crippen LogP contribution in [0.2, 0.25) is 0 Å². The van der Waals surface area contributed by atoms with E-state index in [1.807, 2.05) is 37.3 Å². The Morgan fingerprint density at radius 3 is 2.93 bits per heavy atom. The maximum atomic E-state index is 4.91. The van der Waals surface area contributed by atoms with E-state index in [0.717, 1.165) is 57.1 Å². The van der Waals surface area contributed by atoms with E-state index >= 15 is 0 Å².